The highest BCUT2D eigenvalue weighted by Gasteiger charge is 2.41. The van der Waals surface area contributed by atoms with E-state index in [1.807, 2.05) is 59.6 Å². The number of hydrogen-bond donors (Lipinski definition) is 0. The molecule has 7 nitrogen and oxygen atoms in total. The fourth-order valence-corrected chi connectivity index (χ4v) is 4.10. The second kappa shape index (κ2) is 8.19. The zero-order valence-electron chi connectivity index (χ0n) is 17.3. The van der Waals surface area contributed by atoms with E-state index in [1.54, 1.807) is 18.2 Å². The SMILES string of the molecule is C=CCOc1ccc(C2=NN3[C@H](C2)c2cc([N+](=O)[O-])ccc2O[C@H]3c2ccccc2)cc1. The zero-order chi connectivity index (χ0) is 22.1. The van der Waals surface area contributed by atoms with Gasteiger partial charge in [0, 0.05) is 29.7 Å². The summed E-state index contributed by atoms with van der Waals surface area (Å²) in [7, 11) is 0. The molecule has 7 heteroatoms. The summed E-state index contributed by atoms with van der Waals surface area (Å²) in [4.78, 5) is 11.0. The minimum Gasteiger partial charge on any atom is -0.490 e. The van der Waals surface area contributed by atoms with Crippen LogP contribution in [0.4, 0.5) is 5.69 Å². The van der Waals surface area contributed by atoms with Crippen LogP contribution in [0.3, 0.4) is 0 Å². The number of fused-ring (bicyclic) bond motifs is 3. The largest absolute Gasteiger partial charge is 0.490 e. The number of nitrogens with zero attached hydrogens (tertiary/aromatic N) is 3. The number of nitro groups is 1. The number of non-ortho nitro benzene ring substituents is 1. The van der Waals surface area contributed by atoms with Crippen LogP contribution in [0.1, 0.15) is 35.4 Å². The van der Waals surface area contributed by atoms with Crippen molar-refractivity contribution in [1.82, 2.24) is 5.01 Å². The first-order chi connectivity index (χ1) is 15.6. The van der Waals surface area contributed by atoms with Crippen molar-refractivity contribution in [3.63, 3.8) is 0 Å². The number of hydrazone groups is 1. The number of ether oxygens (including phenoxy) is 2. The molecule has 2 aliphatic rings. The van der Waals surface area contributed by atoms with Gasteiger partial charge in [-0.2, -0.15) is 5.10 Å². The van der Waals surface area contributed by atoms with Gasteiger partial charge in [-0.3, -0.25) is 10.1 Å². The Bertz CT molecular complexity index is 1190. The Morgan fingerprint density at radius 2 is 1.94 bits per heavy atom. The molecule has 2 atom stereocenters. The summed E-state index contributed by atoms with van der Waals surface area (Å²) in [5.74, 6) is 1.41. The number of hydrogen-bond acceptors (Lipinski definition) is 6. The number of nitro benzene ring substituents is 1. The van der Waals surface area contributed by atoms with E-state index in [2.05, 4.69) is 6.58 Å². The first-order valence-electron chi connectivity index (χ1n) is 10.3. The third-order valence-electron chi connectivity index (χ3n) is 5.62. The highest BCUT2D eigenvalue weighted by atomic mass is 16.6. The van der Waals surface area contributed by atoms with Crippen molar-refractivity contribution in [2.75, 3.05) is 6.61 Å². The quantitative estimate of drug-likeness (QED) is 0.299. The molecule has 2 heterocycles. The maximum atomic E-state index is 11.4. The van der Waals surface area contributed by atoms with E-state index in [0.717, 1.165) is 28.2 Å². The molecule has 3 aromatic rings. The molecule has 0 spiro atoms. The molecule has 32 heavy (non-hydrogen) atoms. The summed E-state index contributed by atoms with van der Waals surface area (Å²) >= 11 is 0. The Balaban J connectivity index is 1.52. The molecule has 0 saturated carbocycles. The molecular formula is C25H21N3O4. The highest BCUT2D eigenvalue weighted by Crippen LogP contribution is 2.48. The Morgan fingerprint density at radius 1 is 1.16 bits per heavy atom. The van der Waals surface area contributed by atoms with E-state index in [1.165, 1.54) is 6.07 Å². The van der Waals surface area contributed by atoms with Crippen LogP contribution in [0, 0.1) is 10.1 Å². The molecule has 0 N–H and O–H groups in total. The normalized spacial score (nSPS) is 18.8. The first-order valence-corrected chi connectivity index (χ1v) is 10.3. The average Bonchev–Trinajstić information content (AvgIpc) is 3.28. The smallest absolute Gasteiger partial charge is 0.270 e. The van der Waals surface area contributed by atoms with E-state index in [9.17, 15) is 10.1 Å². The lowest BCUT2D eigenvalue weighted by molar-refractivity contribution is -0.385. The number of rotatable bonds is 6. The lowest BCUT2D eigenvalue weighted by atomic mass is 9.95. The zero-order valence-corrected chi connectivity index (χ0v) is 17.3. The lowest BCUT2D eigenvalue weighted by Crippen LogP contribution is -2.33. The van der Waals surface area contributed by atoms with E-state index < -0.39 is 6.23 Å². The van der Waals surface area contributed by atoms with Crippen LogP contribution >= 0.6 is 0 Å². The van der Waals surface area contributed by atoms with E-state index in [4.69, 9.17) is 14.6 Å². The van der Waals surface area contributed by atoms with Gasteiger partial charge in [0.25, 0.3) is 5.69 Å². The number of benzene rings is 3. The van der Waals surface area contributed by atoms with Crippen LogP contribution in [-0.2, 0) is 0 Å². The summed E-state index contributed by atoms with van der Waals surface area (Å²) in [6.45, 7) is 4.11. The van der Waals surface area contributed by atoms with Crippen LogP contribution in [-0.4, -0.2) is 22.3 Å². The summed E-state index contributed by atoms with van der Waals surface area (Å²) in [6, 6.07) is 22.2. The van der Waals surface area contributed by atoms with Gasteiger partial charge in [0.05, 0.1) is 16.7 Å². The Kier molecular flexibility index (Phi) is 5.07. The van der Waals surface area contributed by atoms with E-state index >= 15 is 0 Å². The molecule has 2 aliphatic heterocycles. The molecular weight excluding hydrogens is 406 g/mol. The highest BCUT2D eigenvalue weighted by molar-refractivity contribution is 6.02. The molecule has 0 amide bonds. The average molecular weight is 427 g/mol. The fraction of sp³-hybridized carbons (Fsp3) is 0.160. The van der Waals surface area contributed by atoms with Gasteiger partial charge in [-0.05, 0) is 35.9 Å². The lowest BCUT2D eigenvalue weighted by Gasteiger charge is -2.38. The molecule has 0 radical (unpaired) electrons. The summed E-state index contributed by atoms with van der Waals surface area (Å²) in [6.07, 6.45) is 1.91. The van der Waals surface area contributed by atoms with Crippen LogP contribution in [0.25, 0.3) is 0 Å². The predicted octanol–water partition coefficient (Wildman–Crippen LogP) is 5.40. The molecule has 160 valence electrons. The maximum Gasteiger partial charge on any atom is 0.270 e. The molecule has 0 aliphatic carbocycles. The van der Waals surface area contributed by atoms with E-state index in [-0.39, 0.29) is 16.7 Å². The second-order valence-corrected chi connectivity index (χ2v) is 7.63. The van der Waals surface area contributed by atoms with Gasteiger partial charge in [-0.15, -0.1) is 0 Å². The molecule has 0 unspecified atom stereocenters. The van der Waals surface area contributed by atoms with Crippen molar-refractivity contribution < 1.29 is 14.4 Å². The van der Waals surface area contributed by atoms with Gasteiger partial charge >= 0.3 is 0 Å². The van der Waals surface area contributed by atoms with Gasteiger partial charge in [0.15, 0.2) is 0 Å². The van der Waals surface area contributed by atoms with Crippen molar-refractivity contribution >= 4 is 11.4 Å². The minimum atomic E-state index is -0.414. The Morgan fingerprint density at radius 3 is 2.66 bits per heavy atom. The van der Waals surface area contributed by atoms with Gasteiger partial charge in [0.2, 0.25) is 6.23 Å². The van der Waals surface area contributed by atoms with Crippen LogP contribution in [0.5, 0.6) is 11.5 Å². The molecule has 0 bridgehead atoms. The molecule has 3 aromatic carbocycles. The predicted molar refractivity (Wildman–Crippen MR) is 121 cm³/mol. The van der Waals surface area contributed by atoms with E-state index in [0.29, 0.717) is 18.8 Å². The second-order valence-electron chi connectivity index (χ2n) is 7.63. The standard InChI is InChI=1S/C25H21N3O4/c1-2-14-31-20-11-8-17(9-12-20)22-16-23-21-15-19(28(29)30)10-13-24(21)32-25(27(23)26-22)18-6-4-3-5-7-18/h2-13,15,23,25H,1,14,16H2/t23-,25+/m1/s1. The Hall–Kier alpha value is -4.13. The summed E-state index contributed by atoms with van der Waals surface area (Å²) in [5.41, 5.74) is 3.66. The third kappa shape index (κ3) is 3.58. The van der Waals surface area contributed by atoms with Crippen molar-refractivity contribution in [3.05, 3.63) is 112 Å². The fourth-order valence-electron chi connectivity index (χ4n) is 4.10. The van der Waals surface area contributed by atoms with Gasteiger partial charge in [-0.25, -0.2) is 5.01 Å². The molecule has 0 saturated heterocycles. The topological polar surface area (TPSA) is 77.2 Å². The molecule has 5 rings (SSSR count). The minimum absolute atomic E-state index is 0.0441. The van der Waals surface area contributed by atoms with Gasteiger partial charge < -0.3 is 9.47 Å². The molecule has 0 fully saturated rings. The van der Waals surface area contributed by atoms with Crippen molar-refractivity contribution in [3.8, 4) is 11.5 Å². The maximum absolute atomic E-state index is 11.4. The summed E-state index contributed by atoms with van der Waals surface area (Å²) < 4.78 is 11.9. The van der Waals surface area contributed by atoms with Crippen molar-refractivity contribution in [1.29, 1.82) is 0 Å². The van der Waals surface area contributed by atoms with Crippen molar-refractivity contribution in [2.45, 2.75) is 18.7 Å². The molecule has 0 aromatic heterocycles. The third-order valence-corrected chi connectivity index (χ3v) is 5.62. The van der Waals surface area contributed by atoms with Crippen LogP contribution < -0.4 is 9.47 Å². The monoisotopic (exact) mass is 427 g/mol. The summed E-state index contributed by atoms with van der Waals surface area (Å²) in [5, 5.41) is 18.2. The first kappa shape index (κ1) is 19.8. The van der Waals surface area contributed by atoms with Crippen LogP contribution in [0.2, 0.25) is 0 Å². The van der Waals surface area contributed by atoms with Gasteiger partial charge in [0.1, 0.15) is 18.1 Å². The van der Waals surface area contributed by atoms with Crippen LogP contribution in [0.15, 0.2) is 90.6 Å². The van der Waals surface area contributed by atoms with Crippen molar-refractivity contribution in [2.24, 2.45) is 5.10 Å². The van der Waals surface area contributed by atoms with Gasteiger partial charge in [-0.1, -0.05) is 43.0 Å². The Labute approximate surface area is 185 Å².